The Kier molecular flexibility index (Phi) is 2.83. The van der Waals surface area contributed by atoms with Gasteiger partial charge in [-0.2, -0.15) is 0 Å². The summed E-state index contributed by atoms with van der Waals surface area (Å²) in [6, 6.07) is 3.40. The molecule has 2 heterocycles. The van der Waals surface area contributed by atoms with Crippen molar-refractivity contribution in [2.75, 3.05) is 5.73 Å². The number of nitrogens with zero attached hydrogens (tertiary/aromatic N) is 3. The Hall–Kier alpha value is -1.20. The van der Waals surface area contributed by atoms with E-state index in [9.17, 15) is 0 Å². The number of pyridine rings is 1. The maximum atomic E-state index is 5.79. The topological polar surface area (TPSA) is 56.7 Å². The number of nitrogens with two attached hydrogens (primary N) is 1. The number of nitrogen functional groups attached to an aromatic ring is 1. The van der Waals surface area contributed by atoms with Crippen molar-refractivity contribution in [2.24, 2.45) is 7.05 Å². The summed E-state index contributed by atoms with van der Waals surface area (Å²) in [5.41, 5.74) is 6.38. The predicted molar refractivity (Wildman–Crippen MR) is 61.0 cm³/mol. The zero-order valence-corrected chi connectivity index (χ0v) is 9.59. The minimum atomic E-state index is 0.431. The Morgan fingerprint density at radius 1 is 1.47 bits per heavy atom. The van der Waals surface area contributed by atoms with Gasteiger partial charge in [0.05, 0.1) is 5.69 Å². The molecule has 6 heteroatoms. The molecule has 0 bridgehead atoms. The van der Waals surface area contributed by atoms with E-state index in [4.69, 9.17) is 17.3 Å². The van der Waals surface area contributed by atoms with Crippen LogP contribution in [0.4, 0.5) is 5.69 Å². The van der Waals surface area contributed by atoms with Crippen molar-refractivity contribution in [2.45, 2.75) is 10.2 Å². The van der Waals surface area contributed by atoms with E-state index in [1.54, 1.807) is 18.3 Å². The molecule has 2 aromatic rings. The van der Waals surface area contributed by atoms with Gasteiger partial charge < -0.3 is 10.3 Å². The van der Waals surface area contributed by atoms with Crippen molar-refractivity contribution < 1.29 is 0 Å². The van der Waals surface area contributed by atoms with E-state index in [0.29, 0.717) is 15.9 Å². The van der Waals surface area contributed by atoms with Crippen LogP contribution in [-0.2, 0) is 7.05 Å². The average molecular weight is 241 g/mol. The minimum absolute atomic E-state index is 0.431. The van der Waals surface area contributed by atoms with Crippen LogP contribution in [-0.4, -0.2) is 14.5 Å². The monoisotopic (exact) mass is 240 g/mol. The lowest BCUT2D eigenvalue weighted by atomic mass is 10.4. The van der Waals surface area contributed by atoms with E-state index in [2.05, 4.69) is 9.97 Å². The second-order valence-electron chi connectivity index (χ2n) is 2.95. The zero-order valence-electron chi connectivity index (χ0n) is 8.01. The first-order chi connectivity index (χ1) is 7.16. The molecule has 0 atom stereocenters. The summed E-state index contributed by atoms with van der Waals surface area (Å²) in [5.74, 6) is 0. The molecule has 0 unspecified atom stereocenters. The van der Waals surface area contributed by atoms with E-state index in [1.165, 1.54) is 11.8 Å². The van der Waals surface area contributed by atoms with Gasteiger partial charge in [-0.1, -0.05) is 11.6 Å². The lowest BCUT2D eigenvalue weighted by Crippen LogP contribution is -1.94. The summed E-state index contributed by atoms with van der Waals surface area (Å²) in [6.45, 7) is 0. The highest BCUT2D eigenvalue weighted by Crippen LogP contribution is 2.29. The average Bonchev–Trinajstić information content (AvgIpc) is 2.58. The molecule has 4 nitrogen and oxygen atoms in total. The fourth-order valence-corrected chi connectivity index (χ4v) is 2.07. The lowest BCUT2D eigenvalue weighted by molar-refractivity contribution is 0.789. The summed E-state index contributed by atoms with van der Waals surface area (Å²) >= 11 is 7.18. The molecule has 0 spiro atoms. The van der Waals surface area contributed by atoms with Gasteiger partial charge in [-0.15, -0.1) is 0 Å². The number of aromatic nitrogens is 3. The van der Waals surface area contributed by atoms with Gasteiger partial charge in [-0.25, -0.2) is 9.97 Å². The second kappa shape index (κ2) is 4.12. The fraction of sp³-hybridized carbons (Fsp3) is 0.111. The van der Waals surface area contributed by atoms with Gasteiger partial charge in [0, 0.05) is 19.4 Å². The maximum absolute atomic E-state index is 5.79. The first-order valence-electron chi connectivity index (χ1n) is 4.24. The van der Waals surface area contributed by atoms with Crippen molar-refractivity contribution in [3.8, 4) is 0 Å². The Labute approximate surface area is 96.5 Å². The summed E-state index contributed by atoms with van der Waals surface area (Å²) in [4.78, 5) is 8.31. The minimum Gasteiger partial charge on any atom is -0.397 e. The van der Waals surface area contributed by atoms with Crippen LogP contribution < -0.4 is 5.73 Å². The van der Waals surface area contributed by atoms with Gasteiger partial charge in [0.15, 0.2) is 5.16 Å². The molecule has 0 aliphatic heterocycles. The van der Waals surface area contributed by atoms with Crippen LogP contribution in [0.25, 0.3) is 0 Å². The first kappa shape index (κ1) is 10.3. The van der Waals surface area contributed by atoms with Crippen molar-refractivity contribution in [1.29, 1.82) is 0 Å². The molecule has 0 aromatic carbocycles. The van der Waals surface area contributed by atoms with Crippen LogP contribution in [0.1, 0.15) is 0 Å². The SMILES string of the molecule is Cn1ccnc1Sc1nc(Cl)ccc1N. The predicted octanol–water partition coefficient (Wildman–Crippen LogP) is 2.20. The van der Waals surface area contributed by atoms with Crippen LogP contribution in [0.2, 0.25) is 5.15 Å². The number of aryl methyl sites for hydroxylation is 1. The summed E-state index contributed by atoms with van der Waals surface area (Å²) in [7, 11) is 1.91. The first-order valence-corrected chi connectivity index (χ1v) is 5.43. The third-order valence-corrected chi connectivity index (χ3v) is 3.13. The van der Waals surface area contributed by atoms with Crippen molar-refractivity contribution >= 4 is 29.1 Å². The van der Waals surface area contributed by atoms with Crippen molar-refractivity contribution in [1.82, 2.24) is 14.5 Å². The zero-order chi connectivity index (χ0) is 10.8. The van der Waals surface area contributed by atoms with E-state index >= 15 is 0 Å². The molecule has 2 aromatic heterocycles. The molecule has 2 N–H and O–H groups in total. The third-order valence-electron chi connectivity index (χ3n) is 1.82. The molecule has 0 aliphatic carbocycles. The van der Waals surface area contributed by atoms with Gasteiger partial charge in [-0.3, -0.25) is 0 Å². The van der Waals surface area contributed by atoms with E-state index < -0.39 is 0 Å². The Morgan fingerprint density at radius 3 is 2.93 bits per heavy atom. The normalized spacial score (nSPS) is 10.5. The molecular weight excluding hydrogens is 232 g/mol. The van der Waals surface area contributed by atoms with Crippen LogP contribution in [0.5, 0.6) is 0 Å². The van der Waals surface area contributed by atoms with E-state index in [1.807, 2.05) is 17.8 Å². The van der Waals surface area contributed by atoms with Gasteiger partial charge in [0.25, 0.3) is 0 Å². The van der Waals surface area contributed by atoms with Gasteiger partial charge in [-0.05, 0) is 23.9 Å². The maximum Gasteiger partial charge on any atom is 0.174 e. The number of rotatable bonds is 2. The van der Waals surface area contributed by atoms with Crippen LogP contribution in [0.3, 0.4) is 0 Å². The van der Waals surface area contributed by atoms with Crippen LogP contribution >= 0.6 is 23.4 Å². The fourth-order valence-electron chi connectivity index (χ4n) is 1.05. The highest BCUT2D eigenvalue weighted by atomic mass is 35.5. The summed E-state index contributed by atoms with van der Waals surface area (Å²) < 4.78 is 1.90. The Balaban J connectivity index is 2.32. The molecule has 0 aliphatic rings. The molecular formula is C9H9ClN4S. The molecule has 0 fully saturated rings. The Morgan fingerprint density at radius 2 is 2.27 bits per heavy atom. The molecule has 78 valence electrons. The summed E-state index contributed by atoms with van der Waals surface area (Å²) in [6.07, 6.45) is 3.59. The number of imidazole rings is 1. The van der Waals surface area contributed by atoms with E-state index in [0.717, 1.165) is 5.16 Å². The highest BCUT2D eigenvalue weighted by molar-refractivity contribution is 7.99. The van der Waals surface area contributed by atoms with Crippen molar-refractivity contribution in [3.05, 3.63) is 29.7 Å². The number of anilines is 1. The lowest BCUT2D eigenvalue weighted by Gasteiger charge is -2.04. The molecule has 15 heavy (non-hydrogen) atoms. The van der Waals surface area contributed by atoms with Gasteiger partial charge in [0.1, 0.15) is 10.2 Å². The van der Waals surface area contributed by atoms with Crippen LogP contribution in [0, 0.1) is 0 Å². The van der Waals surface area contributed by atoms with Crippen LogP contribution in [0.15, 0.2) is 34.7 Å². The number of halogens is 1. The highest BCUT2D eigenvalue weighted by Gasteiger charge is 2.07. The smallest absolute Gasteiger partial charge is 0.174 e. The Bertz CT molecular complexity index is 483. The van der Waals surface area contributed by atoms with Crippen molar-refractivity contribution in [3.63, 3.8) is 0 Å². The quantitative estimate of drug-likeness (QED) is 0.818. The van der Waals surface area contributed by atoms with E-state index in [-0.39, 0.29) is 0 Å². The summed E-state index contributed by atoms with van der Waals surface area (Å²) in [5, 5.41) is 1.94. The third kappa shape index (κ3) is 2.24. The standard InChI is InChI=1S/C9H9ClN4S/c1-14-5-4-12-9(14)15-8-6(11)2-3-7(10)13-8/h2-5H,11H2,1H3. The molecule has 0 amide bonds. The van der Waals surface area contributed by atoms with Gasteiger partial charge >= 0.3 is 0 Å². The molecule has 0 radical (unpaired) electrons. The molecule has 0 saturated heterocycles. The second-order valence-corrected chi connectivity index (χ2v) is 4.29. The molecule has 2 rings (SSSR count). The number of hydrogen-bond donors (Lipinski definition) is 1. The van der Waals surface area contributed by atoms with Gasteiger partial charge in [0.2, 0.25) is 0 Å². The molecule has 0 saturated carbocycles. The number of hydrogen-bond acceptors (Lipinski definition) is 4. The largest absolute Gasteiger partial charge is 0.397 e.